The minimum atomic E-state index is -0.399. The van der Waals surface area contributed by atoms with Gasteiger partial charge in [-0.25, -0.2) is 4.98 Å². The monoisotopic (exact) mass is 310 g/mol. The van der Waals surface area contributed by atoms with Gasteiger partial charge in [0.1, 0.15) is 5.69 Å². The van der Waals surface area contributed by atoms with Crippen molar-refractivity contribution in [1.29, 1.82) is 0 Å². The predicted molar refractivity (Wildman–Crippen MR) is 71.5 cm³/mol. The smallest absolute Gasteiger partial charge is 0.293 e. The molecule has 7 heteroatoms. The molecule has 0 saturated heterocycles. The first-order valence-electron chi connectivity index (χ1n) is 5.30. The summed E-state index contributed by atoms with van der Waals surface area (Å²) in [6.45, 7) is 1.30. The number of imidazole rings is 1. The maximum Gasteiger partial charge on any atom is 0.293 e. The van der Waals surface area contributed by atoms with Crippen LogP contribution in [-0.4, -0.2) is 21.0 Å². The second kappa shape index (κ2) is 5.63. The van der Waals surface area contributed by atoms with Gasteiger partial charge in [0.25, 0.3) is 5.69 Å². The molecule has 0 amide bonds. The maximum atomic E-state index is 10.9. The van der Waals surface area contributed by atoms with Gasteiger partial charge in [-0.15, -0.1) is 0 Å². The molecule has 94 valence electrons. The standard InChI is InChI=1S/C11H11BrN4O2/c12-9-1-2-10(11(7-9)16(17)18)14-4-6-15-5-3-13-8-15/h1-3,5,7-8,14H,4,6H2. The predicted octanol–water partition coefficient (Wildman–Crippen LogP) is 2.67. The van der Waals surface area contributed by atoms with Crippen molar-refractivity contribution in [3.63, 3.8) is 0 Å². The van der Waals surface area contributed by atoms with Gasteiger partial charge in [-0.1, -0.05) is 15.9 Å². The van der Waals surface area contributed by atoms with Gasteiger partial charge in [0.05, 0.1) is 11.3 Å². The highest BCUT2D eigenvalue weighted by atomic mass is 79.9. The van der Waals surface area contributed by atoms with Crippen molar-refractivity contribution in [2.75, 3.05) is 11.9 Å². The summed E-state index contributed by atoms with van der Waals surface area (Å²) in [5.41, 5.74) is 0.582. The third-order valence-electron chi connectivity index (χ3n) is 2.40. The first-order valence-corrected chi connectivity index (χ1v) is 6.09. The van der Waals surface area contributed by atoms with Crippen LogP contribution in [0.25, 0.3) is 0 Å². The summed E-state index contributed by atoms with van der Waals surface area (Å²) in [6, 6.07) is 4.95. The molecule has 0 atom stereocenters. The van der Waals surface area contributed by atoms with Crippen LogP contribution in [0.4, 0.5) is 11.4 Å². The lowest BCUT2D eigenvalue weighted by atomic mass is 10.2. The van der Waals surface area contributed by atoms with Gasteiger partial charge in [-0.05, 0) is 12.1 Å². The molecule has 1 heterocycles. The summed E-state index contributed by atoms with van der Waals surface area (Å²) in [5.74, 6) is 0. The van der Waals surface area contributed by atoms with Crippen molar-refractivity contribution in [1.82, 2.24) is 9.55 Å². The molecule has 0 radical (unpaired) electrons. The van der Waals surface area contributed by atoms with Crippen LogP contribution in [0.2, 0.25) is 0 Å². The van der Waals surface area contributed by atoms with Crippen molar-refractivity contribution in [3.05, 3.63) is 51.5 Å². The Morgan fingerprint density at radius 1 is 1.50 bits per heavy atom. The van der Waals surface area contributed by atoms with Gasteiger partial charge < -0.3 is 9.88 Å². The molecule has 0 aliphatic heterocycles. The van der Waals surface area contributed by atoms with E-state index in [9.17, 15) is 10.1 Å². The van der Waals surface area contributed by atoms with Crippen LogP contribution in [0.15, 0.2) is 41.4 Å². The van der Waals surface area contributed by atoms with Gasteiger partial charge in [0.2, 0.25) is 0 Å². The Hall–Kier alpha value is -1.89. The molecule has 0 unspecified atom stereocenters. The van der Waals surface area contributed by atoms with Crippen LogP contribution in [0, 0.1) is 10.1 Å². The van der Waals surface area contributed by atoms with Crippen molar-refractivity contribution < 1.29 is 4.92 Å². The lowest BCUT2D eigenvalue weighted by molar-refractivity contribution is -0.384. The Labute approximate surface area is 112 Å². The van der Waals surface area contributed by atoms with Gasteiger partial charge in [-0.3, -0.25) is 10.1 Å². The number of hydrogen-bond acceptors (Lipinski definition) is 4. The number of benzene rings is 1. The number of nitro benzene ring substituents is 1. The molecule has 0 aliphatic rings. The average molecular weight is 311 g/mol. The van der Waals surface area contributed by atoms with E-state index in [1.54, 1.807) is 24.7 Å². The first kappa shape index (κ1) is 12.6. The minimum Gasteiger partial charge on any atom is -0.378 e. The van der Waals surface area contributed by atoms with Gasteiger partial charge in [-0.2, -0.15) is 0 Å². The van der Waals surface area contributed by atoms with Crippen LogP contribution in [0.5, 0.6) is 0 Å². The Balaban J connectivity index is 2.02. The van der Waals surface area contributed by atoms with E-state index in [4.69, 9.17) is 0 Å². The third kappa shape index (κ3) is 3.07. The zero-order valence-electron chi connectivity index (χ0n) is 9.41. The summed E-state index contributed by atoms with van der Waals surface area (Å²) < 4.78 is 2.59. The second-order valence-electron chi connectivity index (χ2n) is 3.65. The van der Waals surface area contributed by atoms with Crippen LogP contribution >= 0.6 is 15.9 Å². The van der Waals surface area contributed by atoms with E-state index < -0.39 is 4.92 Å². The summed E-state index contributed by atoms with van der Waals surface area (Å²) in [5, 5.41) is 13.9. The minimum absolute atomic E-state index is 0.0648. The lowest BCUT2D eigenvalue weighted by Gasteiger charge is -2.07. The number of aromatic nitrogens is 2. The summed E-state index contributed by atoms with van der Waals surface area (Å²) in [4.78, 5) is 14.4. The van der Waals surface area contributed by atoms with E-state index in [0.29, 0.717) is 23.2 Å². The zero-order chi connectivity index (χ0) is 13.0. The van der Waals surface area contributed by atoms with Crippen LogP contribution in [-0.2, 0) is 6.54 Å². The van der Waals surface area contributed by atoms with E-state index in [0.717, 1.165) is 0 Å². The highest BCUT2D eigenvalue weighted by Crippen LogP contribution is 2.27. The fourth-order valence-corrected chi connectivity index (χ4v) is 1.89. The molecular weight excluding hydrogens is 300 g/mol. The molecule has 0 saturated carbocycles. The van der Waals surface area contributed by atoms with Crippen LogP contribution < -0.4 is 5.32 Å². The van der Waals surface area contributed by atoms with Gasteiger partial charge >= 0.3 is 0 Å². The molecule has 0 aliphatic carbocycles. The molecule has 6 nitrogen and oxygen atoms in total. The molecule has 0 fully saturated rings. The Morgan fingerprint density at radius 3 is 3.00 bits per heavy atom. The quantitative estimate of drug-likeness (QED) is 0.680. The molecule has 0 bridgehead atoms. The topological polar surface area (TPSA) is 73.0 Å². The van der Waals surface area contributed by atoms with E-state index in [2.05, 4.69) is 26.2 Å². The number of anilines is 1. The molecule has 1 aromatic heterocycles. The largest absolute Gasteiger partial charge is 0.378 e. The second-order valence-corrected chi connectivity index (χ2v) is 4.56. The molecule has 1 aromatic carbocycles. The van der Waals surface area contributed by atoms with E-state index >= 15 is 0 Å². The van der Waals surface area contributed by atoms with Crippen molar-refractivity contribution in [2.45, 2.75) is 6.54 Å². The molecule has 1 N–H and O–H groups in total. The highest BCUT2D eigenvalue weighted by Gasteiger charge is 2.13. The van der Waals surface area contributed by atoms with Gasteiger partial charge in [0.15, 0.2) is 0 Å². The SMILES string of the molecule is O=[N+]([O-])c1cc(Br)ccc1NCCn1ccnc1. The van der Waals surface area contributed by atoms with Crippen LogP contribution in [0.1, 0.15) is 0 Å². The van der Waals surface area contributed by atoms with Crippen molar-refractivity contribution in [3.8, 4) is 0 Å². The van der Waals surface area contributed by atoms with Gasteiger partial charge in [0, 0.05) is 36.0 Å². The number of hydrogen-bond donors (Lipinski definition) is 1. The van der Waals surface area contributed by atoms with E-state index in [1.807, 2.05) is 10.8 Å². The fraction of sp³-hybridized carbons (Fsp3) is 0.182. The summed E-state index contributed by atoms with van der Waals surface area (Å²) in [7, 11) is 0. The van der Waals surface area contributed by atoms with Crippen molar-refractivity contribution in [2.24, 2.45) is 0 Å². The zero-order valence-corrected chi connectivity index (χ0v) is 11.0. The third-order valence-corrected chi connectivity index (χ3v) is 2.89. The molecule has 18 heavy (non-hydrogen) atoms. The number of nitrogens with zero attached hydrogens (tertiary/aromatic N) is 3. The van der Waals surface area contributed by atoms with E-state index in [1.165, 1.54) is 6.07 Å². The summed E-state index contributed by atoms with van der Waals surface area (Å²) >= 11 is 3.22. The van der Waals surface area contributed by atoms with Crippen molar-refractivity contribution >= 4 is 27.3 Å². The molecular formula is C11H11BrN4O2. The normalized spacial score (nSPS) is 10.3. The molecule has 0 spiro atoms. The first-order chi connectivity index (χ1) is 8.66. The van der Waals surface area contributed by atoms with Crippen LogP contribution in [0.3, 0.4) is 0 Å². The number of rotatable bonds is 5. The molecule has 2 rings (SSSR count). The average Bonchev–Trinajstić information content (AvgIpc) is 2.84. The fourth-order valence-electron chi connectivity index (χ4n) is 1.54. The van der Waals surface area contributed by atoms with E-state index in [-0.39, 0.29) is 5.69 Å². The number of halogens is 1. The number of nitrogens with one attached hydrogen (secondary N) is 1. The maximum absolute atomic E-state index is 10.9. The summed E-state index contributed by atoms with van der Waals surface area (Å²) in [6.07, 6.45) is 5.25. The Morgan fingerprint density at radius 2 is 2.33 bits per heavy atom. The number of nitro groups is 1. The molecule has 2 aromatic rings. The Bertz CT molecular complexity index is 542. The Kier molecular flexibility index (Phi) is 3.93. The lowest BCUT2D eigenvalue weighted by Crippen LogP contribution is -2.10. The highest BCUT2D eigenvalue weighted by molar-refractivity contribution is 9.10.